The number of piperidine rings is 1. The van der Waals surface area contributed by atoms with E-state index in [-0.39, 0.29) is 0 Å². The third-order valence-electron chi connectivity index (χ3n) is 3.81. The maximum atomic E-state index is 4.45. The van der Waals surface area contributed by atoms with E-state index in [4.69, 9.17) is 0 Å². The minimum absolute atomic E-state index is 0.567. The van der Waals surface area contributed by atoms with Gasteiger partial charge in [-0.15, -0.1) is 14.8 Å². The van der Waals surface area contributed by atoms with Gasteiger partial charge in [-0.1, -0.05) is 13.8 Å². The highest BCUT2D eigenvalue weighted by atomic mass is 15.6. The molecule has 1 saturated heterocycles. The Balaban J connectivity index is 1.59. The molecule has 0 amide bonds. The molecule has 3 heterocycles. The lowest BCUT2D eigenvalue weighted by atomic mass is 9.96. The van der Waals surface area contributed by atoms with Crippen LogP contribution in [0.3, 0.4) is 0 Å². The molecule has 7 nitrogen and oxygen atoms in total. The maximum Gasteiger partial charge on any atom is 0.200 e. The zero-order valence-corrected chi connectivity index (χ0v) is 12.0. The van der Waals surface area contributed by atoms with Crippen LogP contribution in [-0.2, 0) is 0 Å². The Morgan fingerprint density at radius 3 is 2.85 bits per heavy atom. The number of tetrazole rings is 1. The summed E-state index contributed by atoms with van der Waals surface area (Å²) in [6.07, 6.45) is 2.41. The van der Waals surface area contributed by atoms with E-state index < -0.39 is 0 Å². The van der Waals surface area contributed by atoms with Crippen LogP contribution in [0.1, 0.15) is 26.7 Å². The summed E-state index contributed by atoms with van der Waals surface area (Å²) in [6, 6.07) is 4.48. The lowest BCUT2D eigenvalue weighted by Crippen LogP contribution is -2.39. The molecular weight excluding hydrogens is 254 g/mol. The average molecular weight is 275 g/mol. The van der Waals surface area contributed by atoms with Gasteiger partial charge in [-0.25, -0.2) is 0 Å². The first-order valence-electron chi connectivity index (χ1n) is 7.26. The molecule has 0 aliphatic carbocycles. The van der Waals surface area contributed by atoms with Crippen LogP contribution >= 0.6 is 0 Å². The van der Waals surface area contributed by atoms with Crippen molar-refractivity contribution in [3.63, 3.8) is 0 Å². The van der Waals surface area contributed by atoms with E-state index in [9.17, 15) is 0 Å². The summed E-state index contributed by atoms with van der Waals surface area (Å²) in [5, 5.41) is 19.3. The van der Waals surface area contributed by atoms with E-state index in [2.05, 4.69) is 44.7 Å². The Labute approximate surface area is 118 Å². The van der Waals surface area contributed by atoms with Crippen molar-refractivity contribution in [3.8, 4) is 0 Å². The zero-order valence-electron chi connectivity index (χ0n) is 12.0. The summed E-state index contributed by atoms with van der Waals surface area (Å²) >= 11 is 0. The van der Waals surface area contributed by atoms with Crippen LogP contribution in [-0.4, -0.2) is 50.9 Å². The molecule has 1 fully saturated rings. The predicted octanol–water partition coefficient (Wildman–Crippen LogP) is 0.734. The van der Waals surface area contributed by atoms with E-state index in [1.54, 1.807) is 0 Å². The highest BCUT2D eigenvalue weighted by Gasteiger charge is 2.20. The molecule has 0 aromatic carbocycles. The number of nitrogens with zero attached hydrogens (tertiary/aromatic N) is 6. The van der Waals surface area contributed by atoms with Gasteiger partial charge in [0.25, 0.3) is 0 Å². The van der Waals surface area contributed by atoms with Crippen molar-refractivity contribution in [2.75, 3.05) is 24.5 Å². The highest BCUT2D eigenvalue weighted by Crippen LogP contribution is 2.21. The quantitative estimate of drug-likeness (QED) is 0.887. The topological polar surface area (TPSA) is 71.2 Å². The molecule has 0 unspecified atom stereocenters. The van der Waals surface area contributed by atoms with E-state index in [1.807, 2.05) is 12.1 Å². The third kappa shape index (κ3) is 2.87. The van der Waals surface area contributed by atoms with Crippen molar-refractivity contribution in [2.45, 2.75) is 32.7 Å². The van der Waals surface area contributed by atoms with E-state index in [1.165, 1.54) is 17.5 Å². The van der Waals surface area contributed by atoms with Crippen molar-refractivity contribution in [1.82, 2.24) is 30.6 Å². The third-order valence-corrected chi connectivity index (χ3v) is 3.81. The second kappa shape index (κ2) is 5.70. The highest BCUT2D eigenvalue weighted by molar-refractivity contribution is 5.44. The van der Waals surface area contributed by atoms with Gasteiger partial charge in [0.15, 0.2) is 11.5 Å². The van der Waals surface area contributed by atoms with Crippen molar-refractivity contribution < 1.29 is 0 Å². The molecule has 3 rings (SSSR count). The monoisotopic (exact) mass is 275 g/mol. The number of hydrogen-bond acceptors (Lipinski definition) is 6. The Morgan fingerprint density at radius 2 is 2.10 bits per heavy atom. The molecule has 1 N–H and O–H groups in total. The molecule has 20 heavy (non-hydrogen) atoms. The Morgan fingerprint density at radius 1 is 1.30 bits per heavy atom. The van der Waals surface area contributed by atoms with Gasteiger partial charge in [0.2, 0.25) is 0 Å². The lowest BCUT2D eigenvalue weighted by Gasteiger charge is -2.33. The van der Waals surface area contributed by atoms with Crippen molar-refractivity contribution in [2.24, 2.45) is 5.92 Å². The molecule has 2 aromatic rings. The molecule has 0 bridgehead atoms. The maximum absolute atomic E-state index is 4.45. The summed E-state index contributed by atoms with van der Waals surface area (Å²) in [4.78, 5) is 2.31. The molecule has 7 heteroatoms. The number of hydrogen-bond donors (Lipinski definition) is 1. The molecule has 108 valence electrons. The van der Waals surface area contributed by atoms with Crippen LogP contribution in [0.4, 0.5) is 5.82 Å². The first kappa shape index (κ1) is 13.2. The molecule has 1 aliphatic heterocycles. The fraction of sp³-hybridized carbons (Fsp3) is 0.692. The number of fused-ring (bicyclic) bond motifs is 1. The van der Waals surface area contributed by atoms with Gasteiger partial charge in [0.1, 0.15) is 0 Å². The Kier molecular flexibility index (Phi) is 3.77. The largest absolute Gasteiger partial charge is 0.355 e. The fourth-order valence-corrected chi connectivity index (χ4v) is 2.58. The van der Waals surface area contributed by atoms with Gasteiger partial charge in [0, 0.05) is 19.1 Å². The Hall–Kier alpha value is -1.76. The van der Waals surface area contributed by atoms with Gasteiger partial charge in [-0.3, -0.25) is 0 Å². The number of aromatic nitrogens is 5. The van der Waals surface area contributed by atoms with E-state index in [0.29, 0.717) is 11.7 Å². The van der Waals surface area contributed by atoms with Crippen molar-refractivity contribution >= 4 is 11.5 Å². The lowest BCUT2D eigenvalue weighted by molar-refractivity contribution is 0.369. The second-order valence-corrected chi connectivity index (χ2v) is 5.71. The standard InChI is InChI=1S/C13H21N7/c1-10(2)14-9-11-5-7-19(8-6-11)13-4-3-12-15-17-18-20(12)16-13/h3-4,10-11,14H,5-9H2,1-2H3. The fourth-order valence-electron chi connectivity index (χ4n) is 2.58. The van der Waals surface area contributed by atoms with Gasteiger partial charge in [0.05, 0.1) is 0 Å². The minimum atomic E-state index is 0.567. The average Bonchev–Trinajstić information content (AvgIpc) is 2.93. The van der Waals surface area contributed by atoms with Crippen molar-refractivity contribution in [3.05, 3.63) is 12.1 Å². The smallest absolute Gasteiger partial charge is 0.200 e. The predicted molar refractivity (Wildman–Crippen MR) is 76.7 cm³/mol. The second-order valence-electron chi connectivity index (χ2n) is 5.71. The molecule has 0 radical (unpaired) electrons. The first-order chi connectivity index (χ1) is 9.72. The Bertz CT molecular complexity index is 557. The van der Waals surface area contributed by atoms with Crippen LogP contribution in [0.25, 0.3) is 5.65 Å². The van der Waals surface area contributed by atoms with Crippen LogP contribution < -0.4 is 10.2 Å². The van der Waals surface area contributed by atoms with Crippen LogP contribution in [0, 0.1) is 5.92 Å². The first-order valence-corrected chi connectivity index (χ1v) is 7.26. The molecule has 1 aliphatic rings. The number of anilines is 1. The summed E-state index contributed by atoms with van der Waals surface area (Å²) in [6.45, 7) is 7.60. The van der Waals surface area contributed by atoms with Gasteiger partial charge in [-0.2, -0.15) is 0 Å². The van der Waals surface area contributed by atoms with E-state index >= 15 is 0 Å². The molecule has 0 spiro atoms. The van der Waals surface area contributed by atoms with E-state index in [0.717, 1.165) is 31.4 Å². The summed E-state index contributed by atoms with van der Waals surface area (Å²) in [5.74, 6) is 1.73. The summed E-state index contributed by atoms with van der Waals surface area (Å²) < 4.78 is 1.49. The summed E-state index contributed by atoms with van der Waals surface area (Å²) in [7, 11) is 0. The van der Waals surface area contributed by atoms with Gasteiger partial charge < -0.3 is 10.2 Å². The van der Waals surface area contributed by atoms with Gasteiger partial charge in [-0.05, 0) is 47.9 Å². The SMILES string of the molecule is CC(C)NCC1CCN(c2ccc3nnnn3n2)CC1. The molecule has 0 atom stereocenters. The summed E-state index contributed by atoms with van der Waals surface area (Å²) in [5.41, 5.74) is 0.685. The van der Waals surface area contributed by atoms with Crippen LogP contribution in [0.15, 0.2) is 12.1 Å². The molecule has 0 saturated carbocycles. The number of rotatable bonds is 4. The number of nitrogens with one attached hydrogen (secondary N) is 1. The van der Waals surface area contributed by atoms with Crippen molar-refractivity contribution in [1.29, 1.82) is 0 Å². The normalized spacial score (nSPS) is 17.2. The van der Waals surface area contributed by atoms with Crippen LogP contribution in [0.2, 0.25) is 0 Å². The zero-order chi connectivity index (χ0) is 13.9. The van der Waals surface area contributed by atoms with Crippen LogP contribution in [0.5, 0.6) is 0 Å². The molecule has 2 aromatic heterocycles. The van der Waals surface area contributed by atoms with Gasteiger partial charge >= 0.3 is 0 Å². The minimum Gasteiger partial charge on any atom is -0.355 e. The molecular formula is C13H21N7.